The summed E-state index contributed by atoms with van der Waals surface area (Å²) in [7, 11) is 0. The Bertz CT molecular complexity index is 1460. The summed E-state index contributed by atoms with van der Waals surface area (Å²) in [6, 6.07) is 30.5. The van der Waals surface area contributed by atoms with Gasteiger partial charge in [-0.2, -0.15) is 0 Å². The monoisotopic (exact) mass is 481 g/mol. The lowest BCUT2D eigenvalue weighted by atomic mass is 10.1. The molecule has 1 N–H and O–H groups in total. The molecule has 0 radical (unpaired) electrons. The van der Waals surface area contributed by atoms with Crippen molar-refractivity contribution in [2.75, 3.05) is 6.54 Å². The van der Waals surface area contributed by atoms with Crippen molar-refractivity contribution in [1.29, 1.82) is 0 Å². The highest BCUT2D eigenvalue weighted by molar-refractivity contribution is 6.30. The van der Waals surface area contributed by atoms with Crippen LogP contribution in [0.1, 0.15) is 41.0 Å². The maximum absolute atomic E-state index is 12.2. The molecule has 4 nitrogen and oxygen atoms in total. The Morgan fingerprint density at radius 1 is 0.829 bits per heavy atom. The van der Waals surface area contributed by atoms with E-state index in [2.05, 4.69) is 70.5 Å². The summed E-state index contributed by atoms with van der Waals surface area (Å²) in [5.41, 5.74) is 4.12. The average Bonchev–Trinajstić information content (AvgIpc) is 3.23. The van der Waals surface area contributed by atoms with Crippen molar-refractivity contribution in [3.63, 3.8) is 0 Å². The standard InChI is InChI=1S/C30H28ClN3O/c31-26-17-15-24(16-18-26)30(35)32-19-7-1-2-12-29-33-27-10-5-6-11-28(27)34(29)21-22-13-14-23-8-3-4-9-25(23)20-22/h3-6,8-11,13-18,20H,1-2,7,12,19,21H2,(H,32,35). The van der Waals surface area contributed by atoms with Crippen LogP contribution in [0.2, 0.25) is 5.02 Å². The number of nitrogens with one attached hydrogen (secondary N) is 1. The molecule has 5 heteroatoms. The first-order valence-corrected chi connectivity index (χ1v) is 12.5. The quantitative estimate of drug-likeness (QED) is 0.230. The molecule has 1 heterocycles. The van der Waals surface area contributed by atoms with E-state index in [0.717, 1.165) is 43.6 Å². The Balaban J connectivity index is 1.20. The maximum atomic E-state index is 12.2. The van der Waals surface area contributed by atoms with Gasteiger partial charge in [-0.05, 0) is 71.6 Å². The van der Waals surface area contributed by atoms with E-state index in [9.17, 15) is 4.79 Å². The van der Waals surface area contributed by atoms with Gasteiger partial charge in [-0.15, -0.1) is 0 Å². The average molecular weight is 482 g/mol. The topological polar surface area (TPSA) is 46.9 Å². The van der Waals surface area contributed by atoms with Crippen LogP contribution in [-0.2, 0) is 13.0 Å². The summed E-state index contributed by atoms with van der Waals surface area (Å²) in [5, 5.41) is 6.15. The van der Waals surface area contributed by atoms with Crippen molar-refractivity contribution in [2.45, 2.75) is 32.2 Å². The number of hydrogen-bond acceptors (Lipinski definition) is 2. The summed E-state index contributed by atoms with van der Waals surface area (Å²) in [6.07, 6.45) is 3.90. The highest BCUT2D eigenvalue weighted by Crippen LogP contribution is 2.22. The van der Waals surface area contributed by atoms with E-state index in [-0.39, 0.29) is 5.91 Å². The van der Waals surface area contributed by atoms with Gasteiger partial charge in [0.05, 0.1) is 11.0 Å². The minimum Gasteiger partial charge on any atom is -0.352 e. The molecule has 35 heavy (non-hydrogen) atoms. The number of carbonyl (C=O) groups is 1. The molecule has 4 aromatic carbocycles. The van der Waals surface area contributed by atoms with Crippen molar-refractivity contribution < 1.29 is 4.79 Å². The Kier molecular flexibility index (Phi) is 7.10. The lowest BCUT2D eigenvalue weighted by molar-refractivity contribution is 0.0953. The van der Waals surface area contributed by atoms with Crippen molar-refractivity contribution in [2.24, 2.45) is 0 Å². The second-order valence-electron chi connectivity index (χ2n) is 8.86. The van der Waals surface area contributed by atoms with E-state index in [1.54, 1.807) is 24.3 Å². The number of fused-ring (bicyclic) bond motifs is 2. The maximum Gasteiger partial charge on any atom is 0.251 e. The third kappa shape index (κ3) is 5.55. The number of hydrogen-bond donors (Lipinski definition) is 1. The second-order valence-corrected chi connectivity index (χ2v) is 9.29. The number of aryl methyl sites for hydroxylation is 1. The zero-order valence-electron chi connectivity index (χ0n) is 19.6. The van der Waals surface area contributed by atoms with Crippen LogP contribution in [0.5, 0.6) is 0 Å². The Morgan fingerprint density at radius 2 is 1.60 bits per heavy atom. The SMILES string of the molecule is O=C(NCCCCCc1nc2ccccc2n1Cc1ccc2ccccc2c1)c1ccc(Cl)cc1. The molecule has 0 spiro atoms. The fourth-order valence-corrected chi connectivity index (χ4v) is 4.63. The fourth-order valence-electron chi connectivity index (χ4n) is 4.50. The molecule has 0 saturated carbocycles. The number of benzene rings is 4. The van der Waals surface area contributed by atoms with Gasteiger partial charge in [-0.1, -0.05) is 66.6 Å². The molecule has 0 aliphatic heterocycles. The van der Waals surface area contributed by atoms with Crippen LogP contribution >= 0.6 is 11.6 Å². The number of aromatic nitrogens is 2. The number of para-hydroxylation sites is 2. The number of carbonyl (C=O) groups excluding carboxylic acids is 1. The predicted octanol–water partition coefficient (Wildman–Crippen LogP) is 7.03. The number of rotatable bonds is 9. The summed E-state index contributed by atoms with van der Waals surface area (Å²) in [5.74, 6) is 1.06. The van der Waals surface area contributed by atoms with Crippen LogP contribution in [0.15, 0.2) is 91.0 Å². The van der Waals surface area contributed by atoms with Gasteiger partial charge in [0, 0.05) is 30.1 Å². The van der Waals surface area contributed by atoms with E-state index in [4.69, 9.17) is 16.6 Å². The molecule has 176 valence electrons. The minimum atomic E-state index is -0.0566. The Hall–Kier alpha value is -3.63. The highest BCUT2D eigenvalue weighted by Gasteiger charge is 2.11. The highest BCUT2D eigenvalue weighted by atomic mass is 35.5. The van der Waals surface area contributed by atoms with Gasteiger partial charge in [0.25, 0.3) is 5.91 Å². The van der Waals surface area contributed by atoms with Crippen LogP contribution < -0.4 is 5.32 Å². The van der Waals surface area contributed by atoms with E-state index in [1.807, 2.05) is 6.07 Å². The molecule has 0 aliphatic carbocycles. The van der Waals surface area contributed by atoms with Gasteiger partial charge in [0.1, 0.15) is 5.82 Å². The van der Waals surface area contributed by atoms with Crippen LogP contribution in [0.4, 0.5) is 0 Å². The van der Waals surface area contributed by atoms with Crippen molar-refractivity contribution in [3.8, 4) is 0 Å². The summed E-state index contributed by atoms with van der Waals surface area (Å²) < 4.78 is 2.35. The third-order valence-electron chi connectivity index (χ3n) is 6.36. The lowest BCUT2D eigenvalue weighted by Crippen LogP contribution is -2.24. The van der Waals surface area contributed by atoms with E-state index in [1.165, 1.54) is 21.9 Å². The smallest absolute Gasteiger partial charge is 0.251 e. The van der Waals surface area contributed by atoms with Crippen molar-refractivity contribution >= 4 is 39.3 Å². The molecule has 0 aliphatic rings. The zero-order valence-corrected chi connectivity index (χ0v) is 20.3. The van der Waals surface area contributed by atoms with Crippen LogP contribution in [0.3, 0.4) is 0 Å². The van der Waals surface area contributed by atoms with Gasteiger partial charge < -0.3 is 9.88 Å². The van der Waals surface area contributed by atoms with Gasteiger partial charge >= 0.3 is 0 Å². The van der Waals surface area contributed by atoms with Crippen LogP contribution in [0.25, 0.3) is 21.8 Å². The molecule has 1 aromatic heterocycles. The molecule has 1 amide bonds. The minimum absolute atomic E-state index is 0.0566. The Labute approximate surface area is 210 Å². The number of halogens is 1. The number of unbranched alkanes of at least 4 members (excludes halogenated alkanes) is 2. The molecular weight excluding hydrogens is 454 g/mol. The number of nitrogens with zero attached hydrogens (tertiary/aromatic N) is 2. The molecule has 0 atom stereocenters. The normalized spacial score (nSPS) is 11.2. The predicted molar refractivity (Wildman–Crippen MR) is 144 cm³/mol. The molecule has 0 unspecified atom stereocenters. The molecule has 5 rings (SSSR count). The van der Waals surface area contributed by atoms with Crippen molar-refractivity contribution in [3.05, 3.63) is 113 Å². The van der Waals surface area contributed by atoms with Gasteiger partial charge in [-0.25, -0.2) is 4.98 Å². The van der Waals surface area contributed by atoms with Gasteiger partial charge in [0.2, 0.25) is 0 Å². The van der Waals surface area contributed by atoms with E-state index >= 15 is 0 Å². The number of amides is 1. The van der Waals surface area contributed by atoms with Gasteiger partial charge in [-0.3, -0.25) is 4.79 Å². The van der Waals surface area contributed by atoms with Crippen molar-refractivity contribution in [1.82, 2.24) is 14.9 Å². The summed E-state index contributed by atoms with van der Waals surface area (Å²) in [4.78, 5) is 17.2. The van der Waals surface area contributed by atoms with E-state index < -0.39 is 0 Å². The van der Waals surface area contributed by atoms with Crippen LogP contribution in [0, 0.1) is 0 Å². The molecular formula is C30H28ClN3O. The largest absolute Gasteiger partial charge is 0.352 e. The number of imidazole rings is 1. The fraction of sp³-hybridized carbons (Fsp3) is 0.200. The molecule has 0 fully saturated rings. The molecule has 0 saturated heterocycles. The first kappa shape index (κ1) is 23.1. The summed E-state index contributed by atoms with van der Waals surface area (Å²) in [6.45, 7) is 1.47. The van der Waals surface area contributed by atoms with Crippen LogP contribution in [-0.4, -0.2) is 22.0 Å². The molecule has 0 bridgehead atoms. The third-order valence-corrected chi connectivity index (χ3v) is 6.61. The molecule has 5 aromatic rings. The first-order valence-electron chi connectivity index (χ1n) is 12.1. The first-order chi connectivity index (χ1) is 17.2. The second kappa shape index (κ2) is 10.7. The van der Waals surface area contributed by atoms with Gasteiger partial charge in [0.15, 0.2) is 0 Å². The van der Waals surface area contributed by atoms with E-state index in [0.29, 0.717) is 17.1 Å². The lowest BCUT2D eigenvalue weighted by Gasteiger charge is -2.11. The summed E-state index contributed by atoms with van der Waals surface area (Å²) >= 11 is 5.90. The Morgan fingerprint density at radius 3 is 2.46 bits per heavy atom. The zero-order chi connectivity index (χ0) is 24.0.